The number of carboxylic acids is 1. The Kier molecular flexibility index (Phi) is 3.41. The SMILES string of the molecule is COC(=O)C1CC(=O)N(c2ccc(C(=O)O)nn2)C1. The van der Waals surface area contributed by atoms with Crippen LogP contribution in [0.15, 0.2) is 12.1 Å². The molecule has 1 atom stereocenters. The van der Waals surface area contributed by atoms with E-state index in [2.05, 4.69) is 14.9 Å². The number of aromatic nitrogens is 2. The van der Waals surface area contributed by atoms with E-state index in [4.69, 9.17) is 5.11 Å². The monoisotopic (exact) mass is 265 g/mol. The van der Waals surface area contributed by atoms with Crippen LogP contribution in [0.1, 0.15) is 16.9 Å². The molecule has 100 valence electrons. The number of carbonyl (C=O) groups excluding carboxylic acids is 2. The summed E-state index contributed by atoms with van der Waals surface area (Å²) in [4.78, 5) is 35.0. The van der Waals surface area contributed by atoms with E-state index in [-0.39, 0.29) is 30.4 Å². The lowest BCUT2D eigenvalue weighted by atomic mass is 10.1. The molecule has 1 fully saturated rings. The number of methoxy groups -OCH3 is 1. The zero-order valence-corrected chi connectivity index (χ0v) is 10.1. The normalized spacial score (nSPS) is 18.5. The summed E-state index contributed by atoms with van der Waals surface area (Å²) < 4.78 is 4.59. The number of ether oxygens (including phenoxy) is 1. The van der Waals surface area contributed by atoms with E-state index < -0.39 is 17.9 Å². The fourth-order valence-electron chi connectivity index (χ4n) is 1.84. The quantitative estimate of drug-likeness (QED) is 0.747. The first-order valence-corrected chi connectivity index (χ1v) is 5.48. The van der Waals surface area contributed by atoms with Gasteiger partial charge in [-0.25, -0.2) is 4.79 Å². The molecule has 8 nitrogen and oxygen atoms in total. The maximum atomic E-state index is 11.8. The van der Waals surface area contributed by atoms with E-state index in [1.54, 1.807) is 0 Å². The molecule has 0 saturated carbocycles. The molecule has 1 aromatic heterocycles. The van der Waals surface area contributed by atoms with Crippen LogP contribution in [-0.2, 0) is 14.3 Å². The highest BCUT2D eigenvalue weighted by Gasteiger charge is 2.36. The number of nitrogens with zero attached hydrogens (tertiary/aromatic N) is 3. The molecule has 1 aliphatic rings. The number of amides is 1. The molecule has 1 saturated heterocycles. The molecule has 0 aliphatic carbocycles. The summed E-state index contributed by atoms with van der Waals surface area (Å²) in [5, 5.41) is 15.9. The average Bonchev–Trinajstić information content (AvgIpc) is 2.80. The maximum absolute atomic E-state index is 11.8. The number of carboxylic acid groups (broad SMARTS) is 1. The number of carbonyl (C=O) groups is 3. The molecule has 1 N–H and O–H groups in total. The number of anilines is 1. The van der Waals surface area contributed by atoms with Gasteiger partial charge in [0, 0.05) is 13.0 Å². The van der Waals surface area contributed by atoms with Crippen LogP contribution < -0.4 is 4.90 Å². The predicted molar refractivity (Wildman–Crippen MR) is 61.5 cm³/mol. The Labute approximate surface area is 108 Å². The molecule has 1 aliphatic heterocycles. The topological polar surface area (TPSA) is 110 Å². The van der Waals surface area contributed by atoms with Crippen molar-refractivity contribution in [3.05, 3.63) is 17.8 Å². The van der Waals surface area contributed by atoms with Crippen LogP contribution in [0.3, 0.4) is 0 Å². The third-order valence-electron chi connectivity index (χ3n) is 2.81. The summed E-state index contributed by atoms with van der Waals surface area (Å²) in [5.74, 6) is -2.22. The van der Waals surface area contributed by atoms with Gasteiger partial charge in [-0.05, 0) is 12.1 Å². The minimum atomic E-state index is -1.20. The molecule has 1 unspecified atom stereocenters. The van der Waals surface area contributed by atoms with Crippen molar-refractivity contribution in [2.75, 3.05) is 18.6 Å². The first-order valence-electron chi connectivity index (χ1n) is 5.48. The number of aromatic carboxylic acids is 1. The van der Waals surface area contributed by atoms with Gasteiger partial charge < -0.3 is 9.84 Å². The Morgan fingerprint density at radius 2 is 2.16 bits per heavy atom. The highest BCUT2D eigenvalue weighted by molar-refractivity contribution is 5.98. The van der Waals surface area contributed by atoms with Crippen molar-refractivity contribution in [3.63, 3.8) is 0 Å². The first kappa shape index (κ1) is 12.9. The molecule has 8 heteroatoms. The van der Waals surface area contributed by atoms with E-state index in [0.29, 0.717) is 0 Å². The number of rotatable bonds is 3. The Morgan fingerprint density at radius 3 is 2.68 bits per heavy atom. The van der Waals surface area contributed by atoms with E-state index in [1.807, 2.05) is 0 Å². The summed E-state index contributed by atoms with van der Waals surface area (Å²) in [6.07, 6.45) is 0.0506. The highest BCUT2D eigenvalue weighted by Crippen LogP contribution is 2.23. The van der Waals surface area contributed by atoms with Crippen molar-refractivity contribution in [2.24, 2.45) is 5.92 Å². The standard InChI is InChI=1S/C11H11N3O5/c1-19-11(18)6-4-9(15)14(5-6)8-3-2-7(10(16)17)12-13-8/h2-3,6H,4-5H2,1H3,(H,16,17). The van der Waals surface area contributed by atoms with Crippen LogP contribution >= 0.6 is 0 Å². The molecule has 2 rings (SSSR count). The molecular weight excluding hydrogens is 254 g/mol. The van der Waals surface area contributed by atoms with Crippen molar-refractivity contribution >= 4 is 23.7 Å². The minimum Gasteiger partial charge on any atom is -0.476 e. The van der Waals surface area contributed by atoms with E-state index in [9.17, 15) is 14.4 Å². The fourth-order valence-corrected chi connectivity index (χ4v) is 1.84. The lowest BCUT2D eigenvalue weighted by Gasteiger charge is -2.14. The van der Waals surface area contributed by atoms with Crippen molar-refractivity contribution in [2.45, 2.75) is 6.42 Å². The lowest BCUT2D eigenvalue weighted by Crippen LogP contribution is -2.27. The van der Waals surface area contributed by atoms with Crippen LogP contribution in [-0.4, -0.2) is 46.8 Å². The van der Waals surface area contributed by atoms with Gasteiger partial charge in [0.1, 0.15) is 0 Å². The Bertz CT molecular complexity index is 528. The summed E-state index contributed by atoms with van der Waals surface area (Å²) >= 11 is 0. The van der Waals surface area contributed by atoms with Crippen LogP contribution in [0.5, 0.6) is 0 Å². The highest BCUT2D eigenvalue weighted by atomic mass is 16.5. The number of hydrogen-bond donors (Lipinski definition) is 1. The first-order chi connectivity index (χ1) is 9.02. The van der Waals surface area contributed by atoms with Gasteiger partial charge in [0.25, 0.3) is 0 Å². The van der Waals surface area contributed by atoms with Crippen LogP contribution in [0, 0.1) is 5.92 Å². The molecule has 0 spiro atoms. The molecule has 0 bridgehead atoms. The van der Waals surface area contributed by atoms with Crippen molar-refractivity contribution in [1.82, 2.24) is 10.2 Å². The van der Waals surface area contributed by atoms with Crippen LogP contribution in [0.2, 0.25) is 0 Å². The summed E-state index contributed by atoms with van der Waals surface area (Å²) in [5.41, 5.74) is -0.208. The summed E-state index contributed by atoms with van der Waals surface area (Å²) in [6, 6.07) is 2.64. The largest absolute Gasteiger partial charge is 0.476 e. The van der Waals surface area contributed by atoms with Gasteiger partial charge in [-0.2, -0.15) is 0 Å². The van der Waals surface area contributed by atoms with E-state index in [1.165, 1.54) is 24.1 Å². The molecule has 0 aromatic carbocycles. The summed E-state index contributed by atoms with van der Waals surface area (Å²) in [6.45, 7) is 0.159. The molecule has 0 radical (unpaired) electrons. The molecule has 2 heterocycles. The zero-order chi connectivity index (χ0) is 14.0. The second-order valence-electron chi connectivity index (χ2n) is 4.01. The van der Waals surface area contributed by atoms with Gasteiger partial charge in [-0.15, -0.1) is 10.2 Å². The van der Waals surface area contributed by atoms with Gasteiger partial charge in [-0.3, -0.25) is 14.5 Å². The van der Waals surface area contributed by atoms with Crippen molar-refractivity contribution < 1.29 is 24.2 Å². The molecule has 1 aromatic rings. The molecule has 19 heavy (non-hydrogen) atoms. The number of hydrogen-bond acceptors (Lipinski definition) is 6. The van der Waals surface area contributed by atoms with Gasteiger partial charge in [0.15, 0.2) is 11.5 Å². The van der Waals surface area contributed by atoms with Gasteiger partial charge in [0.2, 0.25) is 5.91 Å². The minimum absolute atomic E-state index is 0.0506. The van der Waals surface area contributed by atoms with Crippen LogP contribution in [0.4, 0.5) is 5.82 Å². The smallest absolute Gasteiger partial charge is 0.356 e. The Hall–Kier alpha value is -2.51. The Balaban J connectivity index is 2.16. The second kappa shape index (κ2) is 5.01. The van der Waals surface area contributed by atoms with Crippen molar-refractivity contribution in [1.29, 1.82) is 0 Å². The number of esters is 1. The second-order valence-corrected chi connectivity index (χ2v) is 4.01. The van der Waals surface area contributed by atoms with Crippen LogP contribution in [0.25, 0.3) is 0 Å². The van der Waals surface area contributed by atoms with E-state index in [0.717, 1.165) is 0 Å². The third-order valence-corrected chi connectivity index (χ3v) is 2.81. The van der Waals surface area contributed by atoms with Gasteiger partial charge in [0.05, 0.1) is 13.0 Å². The van der Waals surface area contributed by atoms with E-state index >= 15 is 0 Å². The Morgan fingerprint density at radius 1 is 1.42 bits per heavy atom. The molecule has 1 amide bonds. The van der Waals surface area contributed by atoms with Gasteiger partial charge in [-0.1, -0.05) is 0 Å². The average molecular weight is 265 g/mol. The summed E-state index contributed by atoms with van der Waals surface area (Å²) in [7, 11) is 1.26. The fraction of sp³-hybridized carbons (Fsp3) is 0.364. The lowest BCUT2D eigenvalue weighted by molar-refractivity contribution is -0.145. The van der Waals surface area contributed by atoms with Gasteiger partial charge >= 0.3 is 11.9 Å². The predicted octanol–water partition coefficient (Wildman–Crippen LogP) is -0.299. The van der Waals surface area contributed by atoms with Crippen molar-refractivity contribution in [3.8, 4) is 0 Å². The molecular formula is C11H11N3O5. The zero-order valence-electron chi connectivity index (χ0n) is 10.1. The third kappa shape index (κ3) is 2.51. The maximum Gasteiger partial charge on any atom is 0.356 e.